The molecule has 0 aliphatic carbocycles. The van der Waals surface area contributed by atoms with Gasteiger partial charge in [0.15, 0.2) is 0 Å². The Morgan fingerprint density at radius 1 is 0.926 bits per heavy atom. The molecule has 0 aromatic heterocycles. The average Bonchev–Trinajstić information content (AvgIpc) is 2.70. The lowest BCUT2D eigenvalue weighted by Gasteiger charge is -2.32. The Morgan fingerprint density at radius 3 is 2.22 bits per heavy atom. The van der Waals surface area contributed by atoms with Gasteiger partial charge in [-0.3, -0.25) is 9.59 Å². The molecule has 27 heavy (non-hydrogen) atoms. The first-order valence-corrected chi connectivity index (χ1v) is 9.82. The first-order chi connectivity index (χ1) is 13.1. The average molecular weight is 364 g/mol. The van der Waals surface area contributed by atoms with E-state index >= 15 is 0 Å². The van der Waals surface area contributed by atoms with E-state index in [4.69, 9.17) is 5.73 Å². The molecule has 0 spiro atoms. The molecule has 3 rings (SSSR count). The summed E-state index contributed by atoms with van der Waals surface area (Å²) in [6.07, 6.45) is 5.59. The summed E-state index contributed by atoms with van der Waals surface area (Å²) in [6, 6.07) is 17.9. The van der Waals surface area contributed by atoms with Crippen molar-refractivity contribution in [1.82, 2.24) is 4.90 Å². The third kappa shape index (κ3) is 5.68. The number of hydrogen-bond donors (Lipinski definition) is 1. The highest BCUT2D eigenvalue weighted by molar-refractivity contribution is 5.92. The van der Waals surface area contributed by atoms with E-state index in [2.05, 4.69) is 12.1 Å². The second-order valence-corrected chi connectivity index (χ2v) is 7.43. The van der Waals surface area contributed by atoms with Crippen LogP contribution in [0.25, 0.3) is 0 Å². The van der Waals surface area contributed by atoms with Crippen LogP contribution in [0, 0.1) is 5.92 Å². The molecule has 142 valence electrons. The van der Waals surface area contributed by atoms with Gasteiger partial charge in [-0.2, -0.15) is 0 Å². The zero-order valence-electron chi connectivity index (χ0n) is 15.8. The number of carbonyl (C=O) groups is 2. The lowest BCUT2D eigenvalue weighted by molar-refractivity contribution is -0.132. The van der Waals surface area contributed by atoms with Crippen LogP contribution in [0.4, 0.5) is 0 Å². The summed E-state index contributed by atoms with van der Waals surface area (Å²) in [4.78, 5) is 25.6. The smallest absolute Gasteiger partial charge is 0.248 e. The van der Waals surface area contributed by atoms with E-state index in [9.17, 15) is 9.59 Å². The molecule has 1 aliphatic heterocycles. The molecule has 1 aliphatic rings. The second kappa shape index (κ2) is 9.36. The monoisotopic (exact) mass is 364 g/mol. The lowest BCUT2D eigenvalue weighted by Crippen LogP contribution is -2.38. The van der Waals surface area contributed by atoms with Crippen molar-refractivity contribution in [3.05, 3.63) is 71.3 Å². The summed E-state index contributed by atoms with van der Waals surface area (Å²) < 4.78 is 0. The zero-order valence-corrected chi connectivity index (χ0v) is 15.8. The predicted molar refractivity (Wildman–Crippen MR) is 107 cm³/mol. The summed E-state index contributed by atoms with van der Waals surface area (Å²) in [5.41, 5.74) is 8.36. The number of hydrogen-bond acceptors (Lipinski definition) is 2. The highest BCUT2D eigenvalue weighted by Gasteiger charge is 2.22. The van der Waals surface area contributed by atoms with Gasteiger partial charge in [-0.25, -0.2) is 0 Å². The molecule has 4 heteroatoms. The fourth-order valence-corrected chi connectivity index (χ4v) is 3.77. The highest BCUT2D eigenvalue weighted by atomic mass is 16.2. The zero-order chi connectivity index (χ0) is 19.1. The minimum absolute atomic E-state index is 0.287. The number of nitrogens with two attached hydrogens (primary N) is 1. The van der Waals surface area contributed by atoms with Crippen LogP contribution in [0.15, 0.2) is 54.6 Å². The van der Waals surface area contributed by atoms with Crippen LogP contribution in [-0.2, 0) is 17.6 Å². The van der Waals surface area contributed by atoms with Crippen molar-refractivity contribution in [2.75, 3.05) is 13.1 Å². The number of piperidine rings is 1. The number of rotatable bonds is 7. The van der Waals surface area contributed by atoms with Gasteiger partial charge in [0.25, 0.3) is 0 Å². The molecule has 2 amide bonds. The topological polar surface area (TPSA) is 63.4 Å². The molecular formula is C23H28N2O2. The van der Waals surface area contributed by atoms with E-state index in [1.165, 1.54) is 11.1 Å². The van der Waals surface area contributed by atoms with Gasteiger partial charge in [0, 0.05) is 25.1 Å². The molecule has 2 aromatic carbocycles. The third-order valence-electron chi connectivity index (χ3n) is 5.43. The maximum atomic E-state index is 12.4. The second-order valence-electron chi connectivity index (χ2n) is 7.43. The van der Waals surface area contributed by atoms with E-state index in [-0.39, 0.29) is 11.8 Å². The van der Waals surface area contributed by atoms with Crippen LogP contribution in [-0.4, -0.2) is 29.8 Å². The van der Waals surface area contributed by atoms with Crippen LogP contribution < -0.4 is 5.73 Å². The van der Waals surface area contributed by atoms with Gasteiger partial charge in [0.1, 0.15) is 0 Å². The van der Waals surface area contributed by atoms with E-state index in [0.717, 1.165) is 45.2 Å². The fourth-order valence-electron chi connectivity index (χ4n) is 3.77. The largest absolute Gasteiger partial charge is 0.366 e. The standard InChI is InChI=1S/C23H28N2O2/c24-23(27)21-11-9-19(10-12-21)17-20-13-15-25(16-14-20)22(26)8-4-7-18-5-2-1-3-6-18/h1-3,5-6,9-12,20H,4,7-8,13-17H2,(H2,24,27). The third-order valence-corrected chi connectivity index (χ3v) is 5.43. The number of benzene rings is 2. The molecule has 0 radical (unpaired) electrons. The SMILES string of the molecule is NC(=O)c1ccc(CC2CCN(C(=O)CCCc3ccccc3)CC2)cc1. The molecule has 0 bridgehead atoms. The van der Waals surface area contributed by atoms with Gasteiger partial charge in [0.05, 0.1) is 0 Å². The lowest BCUT2D eigenvalue weighted by atomic mass is 9.89. The number of carbonyl (C=O) groups excluding carboxylic acids is 2. The summed E-state index contributed by atoms with van der Waals surface area (Å²) in [5, 5.41) is 0. The Kier molecular flexibility index (Phi) is 6.64. The minimum Gasteiger partial charge on any atom is -0.366 e. The molecule has 4 nitrogen and oxygen atoms in total. The molecule has 0 unspecified atom stereocenters. The quantitative estimate of drug-likeness (QED) is 0.816. The van der Waals surface area contributed by atoms with E-state index in [0.29, 0.717) is 17.9 Å². The maximum Gasteiger partial charge on any atom is 0.248 e. The molecule has 1 heterocycles. The van der Waals surface area contributed by atoms with Crippen LogP contribution in [0.2, 0.25) is 0 Å². The van der Waals surface area contributed by atoms with Gasteiger partial charge in [-0.15, -0.1) is 0 Å². The number of amides is 2. The van der Waals surface area contributed by atoms with Crippen molar-refractivity contribution < 1.29 is 9.59 Å². The van der Waals surface area contributed by atoms with Gasteiger partial charge in [-0.05, 0) is 61.3 Å². The van der Waals surface area contributed by atoms with Crippen molar-refractivity contribution >= 4 is 11.8 Å². The van der Waals surface area contributed by atoms with Crippen molar-refractivity contribution in [2.45, 2.75) is 38.5 Å². The maximum absolute atomic E-state index is 12.4. The fraction of sp³-hybridized carbons (Fsp3) is 0.391. The highest BCUT2D eigenvalue weighted by Crippen LogP contribution is 2.22. The Balaban J connectivity index is 1.39. The molecule has 2 aromatic rings. The summed E-state index contributed by atoms with van der Waals surface area (Å²) in [6.45, 7) is 1.71. The van der Waals surface area contributed by atoms with Crippen LogP contribution >= 0.6 is 0 Å². The number of likely N-dealkylation sites (tertiary alicyclic amines) is 1. The van der Waals surface area contributed by atoms with Crippen molar-refractivity contribution in [1.29, 1.82) is 0 Å². The van der Waals surface area contributed by atoms with Crippen LogP contribution in [0.3, 0.4) is 0 Å². The first-order valence-electron chi connectivity index (χ1n) is 9.82. The molecular weight excluding hydrogens is 336 g/mol. The van der Waals surface area contributed by atoms with Gasteiger partial charge < -0.3 is 10.6 Å². The first kappa shape index (κ1) is 19.2. The predicted octanol–water partition coefficient (Wildman–Crippen LogP) is 3.59. The summed E-state index contributed by atoms with van der Waals surface area (Å²) in [5.74, 6) is 0.494. The van der Waals surface area contributed by atoms with E-state index < -0.39 is 0 Å². The van der Waals surface area contributed by atoms with E-state index in [1.807, 2.05) is 35.2 Å². The van der Waals surface area contributed by atoms with Gasteiger partial charge in [0.2, 0.25) is 11.8 Å². The van der Waals surface area contributed by atoms with Gasteiger partial charge >= 0.3 is 0 Å². The molecule has 2 N–H and O–H groups in total. The van der Waals surface area contributed by atoms with Crippen molar-refractivity contribution in [3.63, 3.8) is 0 Å². The normalized spacial score (nSPS) is 14.9. The number of nitrogens with zero attached hydrogens (tertiary/aromatic N) is 1. The summed E-state index contributed by atoms with van der Waals surface area (Å²) in [7, 11) is 0. The minimum atomic E-state index is -0.388. The molecule has 0 atom stereocenters. The Bertz CT molecular complexity index is 748. The van der Waals surface area contributed by atoms with Crippen LogP contribution in [0.5, 0.6) is 0 Å². The molecule has 1 saturated heterocycles. The Labute approximate surface area is 161 Å². The number of aryl methyl sites for hydroxylation is 1. The van der Waals surface area contributed by atoms with Crippen LogP contribution in [0.1, 0.15) is 47.2 Å². The Morgan fingerprint density at radius 2 is 1.59 bits per heavy atom. The Hall–Kier alpha value is -2.62. The summed E-state index contributed by atoms with van der Waals surface area (Å²) >= 11 is 0. The van der Waals surface area contributed by atoms with E-state index in [1.54, 1.807) is 12.1 Å². The number of primary amides is 1. The molecule has 0 saturated carbocycles. The molecule has 1 fully saturated rings. The van der Waals surface area contributed by atoms with Crippen molar-refractivity contribution in [3.8, 4) is 0 Å². The van der Waals surface area contributed by atoms with Gasteiger partial charge in [-0.1, -0.05) is 42.5 Å². The van der Waals surface area contributed by atoms with Crippen molar-refractivity contribution in [2.24, 2.45) is 11.7 Å².